The molecule has 0 fully saturated rings. The minimum atomic E-state index is -0.0541. The van der Waals surface area contributed by atoms with Gasteiger partial charge in [-0.05, 0) is 24.6 Å². The third-order valence-electron chi connectivity index (χ3n) is 3.33. The average molecular weight is 266 g/mol. The van der Waals surface area contributed by atoms with Crippen LogP contribution in [0.3, 0.4) is 0 Å². The van der Waals surface area contributed by atoms with Gasteiger partial charge in [0, 0.05) is 30.6 Å². The number of benzene rings is 1. The Balaban J connectivity index is 3.08. The highest BCUT2D eigenvalue weighted by Crippen LogP contribution is 2.36. The number of hydrogen-bond acceptors (Lipinski definition) is 4. The van der Waals surface area contributed by atoms with Gasteiger partial charge in [-0.25, -0.2) is 0 Å². The molecule has 1 rings (SSSR count). The van der Waals surface area contributed by atoms with Gasteiger partial charge in [0.25, 0.3) is 0 Å². The summed E-state index contributed by atoms with van der Waals surface area (Å²) in [6.07, 6.45) is 0. The van der Waals surface area contributed by atoms with Crippen LogP contribution in [0.2, 0.25) is 0 Å². The number of ether oxygens (including phenoxy) is 2. The summed E-state index contributed by atoms with van der Waals surface area (Å²) in [6, 6.07) is 4.09. The van der Waals surface area contributed by atoms with Crippen LogP contribution in [0, 0.1) is 6.92 Å². The lowest BCUT2D eigenvalue weighted by molar-refractivity contribution is 0.376. The van der Waals surface area contributed by atoms with Crippen molar-refractivity contribution in [3.63, 3.8) is 0 Å². The monoisotopic (exact) mass is 266 g/mol. The highest BCUT2D eigenvalue weighted by atomic mass is 16.5. The van der Waals surface area contributed by atoms with E-state index >= 15 is 0 Å². The van der Waals surface area contributed by atoms with Crippen LogP contribution in [0.5, 0.6) is 11.5 Å². The molecule has 3 N–H and O–H groups in total. The first-order chi connectivity index (χ1) is 8.96. The van der Waals surface area contributed by atoms with E-state index in [0.717, 1.165) is 35.7 Å². The number of nitrogens with two attached hydrogens (primary N) is 1. The summed E-state index contributed by atoms with van der Waals surface area (Å²) in [7, 11) is 3.40. The van der Waals surface area contributed by atoms with Crippen LogP contribution >= 0.6 is 0 Å². The molecule has 0 saturated carbocycles. The fourth-order valence-electron chi connectivity index (χ4n) is 2.18. The van der Waals surface area contributed by atoms with Crippen molar-refractivity contribution in [2.24, 2.45) is 5.73 Å². The predicted octanol–water partition coefficient (Wildman–Crippen LogP) is 1.84. The molecule has 0 amide bonds. The molecular weight excluding hydrogens is 240 g/mol. The number of rotatable bonds is 7. The second-order valence-electron chi connectivity index (χ2n) is 5.37. The molecular formula is C15H26N2O2. The molecule has 1 aromatic rings. The molecule has 0 spiro atoms. The Bertz CT molecular complexity index is 417. The topological polar surface area (TPSA) is 56.5 Å². The predicted molar refractivity (Wildman–Crippen MR) is 79.2 cm³/mol. The minimum Gasteiger partial charge on any atom is -0.496 e. The van der Waals surface area contributed by atoms with Gasteiger partial charge in [0.1, 0.15) is 11.5 Å². The molecule has 0 radical (unpaired) electrons. The molecule has 0 heterocycles. The molecule has 1 aromatic carbocycles. The van der Waals surface area contributed by atoms with Crippen LogP contribution in [-0.4, -0.2) is 33.9 Å². The van der Waals surface area contributed by atoms with Crippen LogP contribution in [0.15, 0.2) is 12.1 Å². The molecule has 0 aromatic heterocycles. The van der Waals surface area contributed by atoms with Crippen molar-refractivity contribution in [1.82, 2.24) is 5.32 Å². The summed E-state index contributed by atoms with van der Waals surface area (Å²) in [6.45, 7) is 8.68. The van der Waals surface area contributed by atoms with Crippen LogP contribution in [0.25, 0.3) is 0 Å². The first kappa shape index (κ1) is 15.8. The Hall–Kier alpha value is -1.26. The Morgan fingerprint density at radius 3 is 2.32 bits per heavy atom. The van der Waals surface area contributed by atoms with Crippen LogP contribution < -0.4 is 20.5 Å². The van der Waals surface area contributed by atoms with Gasteiger partial charge in [0.15, 0.2) is 0 Å². The fourth-order valence-corrected chi connectivity index (χ4v) is 2.18. The first-order valence-electron chi connectivity index (χ1n) is 6.60. The zero-order valence-electron chi connectivity index (χ0n) is 12.7. The van der Waals surface area contributed by atoms with Crippen LogP contribution in [-0.2, 0) is 5.41 Å². The van der Waals surface area contributed by atoms with Gasteiger partial charge in [0.2, 0.25) is 0 Å². The highest BCUT2D eigenvalue weighted by molar-refractivity contribution is 5.49. The van der Waals surface area contributed by atoms with E-state index in [9.17, 15) is 0 Å². The first-order valence-corrected chi connectivity index (χ1v) is 6.60. The quantitative estimate of drug-likeness (QED) is 0.739. The van der Waals surface area contributed by atoms with Crippen molar-refractivity contribution in [2.75, 3.05) is 33.9 Å². The Morgan fingerprint density at radius 2 is 1.79 bits per heavy atom. The van der Waals surface area contributed by atoms with Gasteiger partial charge in [-0.2, -0.15) is 0 Å². The second kappa shape index (κ2) is 6.78. The molecule has 108 valence electrons. The van der Waals surface area contributed by atoms with E-state index in [-0.39, 0.29) is 5.41 Å². The molecule has 0 aliphatic carbocycles. The lowest BCUT2D eigenvalue weighted by Crippen LogP contribution is -2.35. The molecule has 0 aliphatic heterocycles. The van der Waals surface area contributed by atoms with Gasteiger partial charge in [0.05, 0.1) is 14.2 Å². The summed E-state index contributed by atoms with van der Waals surface area (Å²) in [5.41, 5.74) is 7.68. The van der Waals surface area contributed by atoms with Crippen molar-refractivity contribution < 1.29 is 9.47 Å². The van der Waals surface area contributed by atoms with Gasteiger partial charge >= 0.3 is 0 Å². The molecule has 0 unspecified atom stereocenters. The van der Waals surface area contributed by atoms with Crippen LogP contribution in [0.4, 0.5) is 0 Å². The maximum absolute atomic E-state index is 5.51. The second-order valence-corrected chi connectivity index (χ2v) is 5.37. The highest BCUT2D eigenvalue weighted by Gasteiger charge is 2.25. The standard InChI is InChI=1S/C15H26N2O2/c1-11-8-14(19-5)12(9-13(11)18-4)15(2,3)10-17-7-6-16/h8-9,17H,6-7,10,16H2,1-5H3. The van der Waals surface area contributed by atoms with E-state index < -0.39 is 0 Å². The lowest BCUT2D eigenvalue weighted by atomic mass is 9.83. The summed E-state index contributed by atoms with van der Waals surface area (Å²) in [5.74, 6) is 1.79. The largest absolute Gasteiger partial charge is 0.496 e. The van der Waals surface area contributed by atoms with E-state index in [2.05, 4.69) is 25.2 Å². The maximum atomic E-state index is 5.51. The van der Waals surface area contributed by atoms with Crippen molar-refractivity contribution in [1.29, 1.82) is 0 Å². The summed E-state index contributed by atoms with van der Waals surface area (Å²) >= 11 is 0. The number of aryl methyl sites for hydroxylation is 1. The smallest absolute Gasteiger partial charge is 0.123 e. The Morgan fingerprint density at radius 1 is 1.16 bits per heavy atom. The van der Waals surface area contributed by atoms with Crippen molar-refractivity contribution in [2.45, 2.75) is 26.2 Å². The van der Waals surface area contributed by atoms with Gasteiger partial charge in [-0.3, -0.25) is 0 Å². The van der Waals surface area contributed by atoms with Crippen LogP contribution in [0.1, 0.15) is 25.0 Å². The molecule has 0 aliphatic rings. The number of nitrogens with one attached hydrogen (secondary N) is 1. The summed E-state index contributed by atoms with van der Waals surface area (Å²) < 4.78 is 10.9. The average Bonchev–Trinajstić information content (AvgIpc) is 2.38. The van der Waals surface area contributed by atoms with E-state index in [1.54, 1.807) is 14.2 Å². The SMILES string of the molecule is COc1cc(C(C)(C)CNCCN)c(OC)cc1C. The van der Waals surface area contributed by atoms with E-state index in [1.807, 2.05) is 13.0 Å². The molecule has 4 nitrogen and oxygen atoms in total. The van der Waals surface area contributed by atoms with Crippen molar-refractivity contribution >= 4 is 0 Å². The molecule has 4 heteroatoms. The third kappa shape index (κ3) is 3.85. The molecule has 0 bridgehead atoms. The normalized spacial score (nSPS) is 11.5. The minimum absolute atomic E-state index is 0.0541. The summed E-state index contributed by atoms with van der Waals surface area (Å²) in [4.78, 5) is 0. The van der Waals surface area contributed by atoms with Crippen molar-refractivity contribution in [3.8, 4) is 11.5 Å². The van der Waals surface area contributed by atoms with E-state index in [4.69, 9.17) is 15.2 Å². The van der Waals surface area contributed by atoms with E-state index in [0.29, 0.717) is 6.54 Å². The molecule has 19 heavy (non-hydrogen) atoms. The lowest BCUT2D eigenvalue weighted by Gasteiger charge is -2.28. The van der Waals surface area contributed by atoms with Gasteiger partial charge in [-0.1, -0.05) is 13.8 Å². The fraction of sp³-hybridized carbons (Fsp3) is 0.600. The maximum Gasteiger partial charge on any atom is 0.123 e. The number of hydrogen-bond donors (Lipinski definition) is 2. The third-order valence-corrected chi connectivity index (χ3v) is 3.33. The zero-order valence-corrected chi connectivity index (χ0v) is 12.7. The summed E-state index contributed by atoms with van der Waals surface area (Å²) in [5, 5.41) is 3.36. The number of methoxy groups -OCH3 is 2. The van der Waals surface area contributed by atoms with Gasteiger partial charge < -0.3 is 20.5 Å². The van der Waals surface area contributed by atoms with E-state index in [1.165, 1.54) is 0 Å². The molecule has 0 saturated heterocycles. The Kier molecular flexibility index (Phi) is 5.63. The zero-order chi connectivity index (χ0) is 14.5. The molecule has 0 atom stereocenters. The van der Waals surface area contributed by atoms with Crippen molar-refractivity contribution in [3.05, 3.63) is 23.3 Å². The Labute approximate surface area is 116 Å². The van der Waals surface area contributed by atoms with Gasteiger partial charge in [-0.15, -0.1) is 0 Å².